The third-order valence-electron chi connectivity index (χ3n) is 4.21. The van der Waals surface area contributed by atoms with Gasteiger partial charge in [-0.15, -0.1) is 24.0 Å². The molecule has 0 unspecified atom stereocenters. The number of guanidine groups is 1. The van der Waals surface area contributed by atoms with Gasteiger partial charge in [-0.2, -0.15) is 11.8 Å². The van der Waals surface area contributed by atoms with Gasteiger partial charge in [0.15, 0.2) is 5.96 Å². The number of likely N-dealkylation sites (tertiary alicyclic amines) is 1. The number of hydrogen-bond acceptors (Lipinski definition) is 3. The Labute approximate surface area is 158 Å². The largest absolute Gasteiger partial charge is 0.355 e. The quantitative estimate of drug-likeness (QED) is 0.361. The van der Waals surface area contributed by atoms with E-state index >= 15 is 0 Å². The molecule has 1 saturated heterocycles. The van der Waals surface area contributed by atoms with Gasteiger partial charge in [-0.3, -0.25) is 4.99 Å². The van der Waals surface area contributed by atoms with E-state index in [1.807, 2.05) is 18.8 Å². The number of nitrogens with one attached hydrogen (secondary N) is 2. The highest BCUT2D eigenvalue weighted by Crippen LogP contribution is 2.19. The van der Waals surface area contributed by atoms with Crippen LogP contribution in [0.15, 0.2) is 4.99 Å². The van der Waals surface area contributed by atoms with Gasteiger partial charge in [0, 0.05) is 37.5 Å². The van der Waals surface area contributed by atoms with E-state index in [9.17, 15) is 0 Å². The van der Waals surface area contributed by atoms with Crippen molar-refractivity contribution in [2.24, 2.45) is 4.99 Å². The van der Waals surface area contributed by atoms with E-state index in [1.54, 1.807) is 0 Å². The van der Waals surface area contributed by atoms with Crippen LogP contribution in [-0.2, 0) is 0 Å². The molecule has 1 aliphatic heterocycles. The summed E-state index contributed by atoms with van der Waals surface area (Å²) in [6.45, 7) is 11.4. The molecule has 0 amide bonds. The van der Waals surface area contributed by atoms with E-state index in [1.165, 1.54) is 45.3 Å². The highest BCUT2D eigenvalue weighted by atomic mass is 127. The van der Waals surface area contributed by atoms with Crippen molar-refractivity contribution >= 4 is 41.7 Å². The summed E-state index contributed by atoms with van der Waals surface area (Å²) in [5, 5.41) is 7.04. The molecule has 1 heterocycles. The van der Waals surface area contributed by atoms with Crippen molar-refractivity contribution in [1.29, 1.82) is 0 Å². The average molecular weight is 442 g/mol. The van der Waals surface area contributed by atoms with Crippen LogP contribution in [0.3, 0.4) is 0 Å². The number of hydrogen-bond donors (Lipinski definition) is 2. The van der Waals surface area contributed by atoms with Crippen LogP contribution in [0.5, 0.6) is 0 Å². The molecular formula is C16H35IN4S. The van der Waals surface area contributed by atoms with Gasteiger partial charge in [0.1, 0.15) is 0 Å². The first kappa shape index (κ1) is 22.3. The minimum Gasteiger partial charge on any atom is -0.355 e. The lowest BCUT2D eigenvalue weighted by Gasteiger charge is -2.33. The normalized spacial score (nSPS) is 18.0. The highest BCUT2D eigenvalue weighted by molar-refractivity contribution is 14.0. The van der Waals surface area contributed by atoms with E-state index in [0.717, 1.165) is 12.5 Å². The van der Waals surface area contributed by atoms with E-state index < -0.39 is 0 Å². The second kappa shape index (κ2) is 11.8. The molecule has 0 aromatic heterocycles. The monoisotopic (exact) mass is 442 g/mol. The fourth-order valence-electron chi connectivity index (χ4n) is 2.44. The Bertz CT molecular complexity index is 315. The van der Waals surface area contributed by atoms with Crippen molar-refractivity contribution in [3.05, 3.63) is 0 Å². The van der Waals surface area contributed by atoms with E-state index in [4.69, 9.17) is 0 Å². The summed E-state index contributed by atoms with van der Waals surface area (Å²) in [7, 11) is 1.86. The first-order valence-corrected chi connectivity index (χ1v) is 9.48. The van der Waals surface area contributed by atoms with E-state index in [-0.39, 0.29) is 28.7 Å². The Morgan fingerprint density at radius 1 is 1.32 bits per heavy atom. The third-order valence-corrected chi connectivity index (χ3v) is 5.46. The van der Waals surface area contributed by atoms with E-state index in [2.05, 4.69) is 47.6 Å². The summed E-state index contributed by atoms with van der Waals surface area (Å²) in [6.07, 6.45) is 7.21. The van der Waals surface area contributed by atoms with Gasteiger partial charge in [-0.25, -0.2) is 0 Å². The molecule has 0 aromatic rings. The summed E-state index contributed by atoms with van der Waals surface area (Å²) in [5.74, 6) is 0.948. The second-order valence-corrected chi connectivity index (χ2v) is 8.02. The summed E-state index contributed by atoms with van der Waals surface area (Å²) < 4.78 is 0.237. The van der Waals surface area contributed by atoms with Crippen molar-refractivity contribution in [1.82, 2.24) is 15.5 Å². The van der Waals surface area contributed by atoms with Crippen molar-refractivity contribution in [3.8, 4) is 0 Å². The Hall–Kier alpha value is 0.310. The number of rotatable bonds is 7. The first-order valence-electron chi connectivity index (χ1n) is 8.25. The maximum atomic E-state index is 4.36. The molecular weight excluding hydrogens is 407 g/mol. The van der Waals surface area contributed by atoms with Gasteiger partial charge in [0.25, 0.3) is 0 Å². The highest BCUT2D eigenvalue weighted by Gasteiger charge is 2.21. The van der Waals surface area contributed by atoms with Gasteiger partial charge in [0.2, 0.25) is 0 Å². The molecule has 1 fully saturated rings. The number of aliphatic imine (C=N–C) groups is 1. The van der Waals surface area contributed by atoms with Crippen LogP contribution in [0.25, 0.3) is 0 Å². The summed E-state index contributed by atoms with van der Waals surface area (Å²) >= 11 is 1.88. The number of thioether (sulfide) groups is 1. The third kappa shape index (κ3) is 8.82. The fraction of sp³-hybridized carbons (Fsp3) is 0.938. The molecule has 4 nitrogen and oxygen atoms in total. The SMILES string of the molecule is CCCCN1CCC(NC(=NC)NCC(C)(C)SC)CC1.I. The zero-order valence-corrected chi connectivity index (χ0v) is 18.1. The zero-order chi connectivity index (χ0) is 15.7. The van der Waals surface area contributed by atoms with Gasteiger partial charge in [0.05, 0.1) is 0 Å². The van der Waals surface area contributed by atoms with Crippen LogP contribution in [0, 0.1) is 0 Å². The molecule has 0 aromatic carbocycles. The van der Waals surface area contributed by atoms with Crippen LogP contribution in [0.2, 0.25) is 0 Å². The summed E-state index contributed by atoms with van der Waals surface area (Å²) in [5.41, 5.74) is 0. The number of nitrogens with zero attached hydrogens (tertiary/aromatic N) is 2. The van der Waals surface area contributed by atoms with Crippen LogP contribution >= 0.6 is 35.7 Å². The molecule has 22 heavy (non-hydrogen) atoms. The first-order chi connectivity index (χ1) is 10.0. The van der Waals surface area contributed by atoms with Crippen LogP contribution < -0.4 is 10.6 Å². The molecule has 1 aliphatic rings. The Morgan fingerprint density at radius 2 is 1.95 bits per heavy atom. The molecule has 132 valence electrons. The van der Waals surface area contributed by atoms with Crippen LogP contribution in [0.1, 0.15) is 46.5 Å². The number of unbranched alkanes of at least 4 members (excludes halogenated alkanes) is 1. The molecule has 0 radical (unpaired) electrons. The lowest BCUT2D eigenvalue weighted by atomic mass is 10.0. The predicted molar refractivity (Wildman–Crippen MR) is 112 cm³/mol. The minimum absolute atomic E-state index is 0. The van der Waals surface area contributed by atoms with Gasteiger partial charge in [-0.05, 0) is 45.9 Å². The standard InChI is InChI=1S/C16H34N4S.HI/c1-6-7-10-20-11-8-14(9-12-20)19-15(17-4)18-13-16(2,3)21-5;/h14H,6-13H2,1-5H3,(H2,17,18,19);1H. The lowest BCUT2D eigenvalue weighted by molar-refractivity contribution is 0.203. The Kier molecular flexibility index (Phi) is 12.0. The molecule has 0 saturated carbocycles. The average Bonchev–Trinajstić information content (AvgIpc) is 2.50. The molecule has 0 spiro atoms. The van der Waals surface area contributed by atoms with Crippen molar-refractivity contribution in [3.63, 3.8) is 0 Å². The van der Waals surface area contributed by atoms with Crippen LogP contribution in [-0.4, -0.2) is 61.1 Å². The van der Waals surface area contributed by atoms with Gasteiger partial charge < -0.3 is 15.5 Å². The van der Waals surface area contributed by atoms with Crippen molar-refractivity contribution in [2.45, 2.75) is 57.2 Å². The molecule has 0 atom stereocenters. The maximum absolute atomic E-state index is 4.36. The molecule has 6 heteroatoms. The second-order valence-electron chi connectivity index (χ2n) is 6.50. The molecule has 0 bridgehead atoms. The predicted octanol–water partition coefficient (Wildman–Crippen LogP) is 3.18. The summed E-state index contributed by atoms with van der Waals surface area (Å²) in [6, 6.07) is 0.562. The molecule has 1 rings (SSSR count). The van der Waals surface area contributed by atoms with Crippen molar-refractivity contribution < 1.29 is 0 Å². The Morgan fingerprint density at radius 3 is 2.45 bits per heavy atom. The summed E-state index contributed by atoms with van der Waals surface area (Å²) in [4.78, 5) is 6.95. The van der Waals surface area contributed by atoms with Crippen molar-refractivity contribution in [2.75, 3.05) is 39.5 Å². The smallest absolute Gasteiger partial charge is 0.191 e. The van der Waals surface area contributed by atoms with Gasteiger partial charge >= 0.3 is 0 Å². The van der Waals surface area contributed by atoms with E-state index in [0.29, 0.717) is 6.04 Å². The molecule has 2 N–H and O–H groups in total. The fourth-order valence-corrected chi connectivity index (χ4v) is 2.66. The zero-order valence-electron chi connectivity index (χ0n) is 14.9. The van der Waals surface area contributed by atoms with Crippen LogP contribution in [0.4, 0.5) is 0 Å². The number of piperidine rings is 1. The minimum atomic E-state index is 0. The lowest BCUT2D eigenvalue weighted by Crippen LogP contribution is -2.50. The Balaban J connectivity index is 0.00000441. The molecule has 0 aliphatic carbocycles. The van der Waals surface area contributed by atoms with Gasteiger partial charge in [-0.1, -0.05) is 13.3 Å². The maximum Gasteiger partial charge on any atom is 0.191 e. The topological polar surface area (TPSA) is 39.7 Å². The number of halogens is 1.